The Labute approximate surface area is 88.6 Å². The highest BCUT2D eigenvalue weighted by molar-refractivity contribution is 5.72. The van der Waals surface area contributed by atoms with Crippen molar-refractivity contribution in [2.45, 2.75) is 12.8 Å². The third kappa shape index (κ3) is 2.23. The van der Waals surface area contributed by atoms with Gasteiger partial charge in [-0.2, -0.15) is 5.26 Å². The molecule has 0 amide bonds. The minimum absolute atomic E-state index is 0.454. The molecule has 7 heteroatoms. The minimum atomic E-state index is -3.00. The minimum Gasteiger partial charge on any atom is -0.505 e. The molecule has 0 spiro atoms. The van der Waals surface area contributed by atoms with Gasteiger partial charge < -0.3 is 10.2 Å². The maximum absolute atomic E-state index is 12.5. The standard InChI is InChI=1S/C9H6F2N2O3/c10-9(11)8-4(1-7(15)16)5(2-12)6(14)3-13-8/h3,9,14H,1H2,(H,15,16). The molecule has 0 bridgehead atoms. The Bertz CT molecular complexity index is 469. The second kappa shape index (κ2) is 4.53. The maximum atomic E-state index is 12.5. The molecular formula is C9H6F2N2O3. The lowest BCUT2D eigenvalue weighted by Gasteiger charge is -2.08. The molecule has 2 N–H and O–H groups in total. The summed E-state index contributed by atoms with van der Waals surface area (Å²) in [6.07, 6.45) is -3.09. The SMILES string of the molecule is N#Cc1c(O)cnc(C(F)F)c1CC(=O)O. The van der Waals surface area contributed by atoms with Crippen LogP contribution in [-0.4, -0.2) is 21.2 Å². The van der Waals surface area contributed by atoms with Gasteiger partial charge in [-0.25, -0.2) is 8.78 Å². The summed E-state index contributed by atoms with van der Waals surface area (Å²) in [5, 5.41) is 26.4. The molecular weight excluding hydrogens is 222 g/mol. The number of nitrogens with zero attached hydrogens (tertiary/aromatic N) is 2. The van der Waals surface area contributed by atoms with E-state index < -0.39 is 41.4 Å². The highest BCUT2D eigenvalue weighted by Crippen LogP contribution is 2.28. The number of halogens is 2. The van der Waals surface area contributed by atoms with Gasteiger partial charge in [0, 0.05) is 5.56 Å². The third-order valence-electron chi connectivity index (χ3n) is 1.84. The van der Waals surface area contributed by atoms with E-state index in [1.165, 1.54) is 6.07 Å². The van der Waals surface area contributed by atoms with Gasteiger partial charge in [0.1, 0.15) is 17.3 Å². The number of aromatic hydroxyl groups is 1. The van der Waals surface area contributed by atoms with E-state index in [1.54, 1.807) is 0 Å². The summed E-state index contributed by atoms with van der Waals surface area (Å²) in [6.45, 7) is 0. The number of aromatic nitrogens is 1. The summed E-state index contributed by atoms with van der Waals surface area (Å²) in [5.41, 5.74) is -1.73. The molecule has 1 aromatic heterocycles. The molecule has 0 unspecified atom stereocenters. The van der Waals surface area contributed by atoms with Crippen LogP contribution in [0.2, 0.25) is 0 Å². The number of nitriles is 1. The maximum Gasteiger partial charge on any atom is 0.307 e. The van der Waals surface area contributed by atoms with Gasteiger partial charge in [-0.3, -0.25) is 9.78 Å². The fraction of sp³-hybridized carbons (Fsp3) is 0.222. The van der Waals surface area contributed by atoms with Crippen LogP contribution in [0.15, 0.2) is 6.20 Å². The molecule has 16 heavy (non-hydrogen) atoms. The Morgan fingerprint density at radius 1 is 1.62 bits per heavy atom. The van der Waals surface area contributed by atoms with Gasteiger partial charge in [0.05, 0.1) is 12.6 Å². The zero-order valence-corrected chi connectivity index (χ0v) is 7.81. The lowest BCUT2D eigenvalue weighted by molar-refractivity contribution is -0.136. The van der Waals surface area contributed by atoms with E-state index in [-0.39, 0.29) is 0 Å². The lowest BCUT2D eigenvalue weighted by atomic mass is 10.0. The molecule has 0 atom stereocenters. The molecule has 0 radical (unpaired) electrons. The zero-order chi connectivity index (χ0) is 12.3. The predicted molar refractivity (Wildman–Crippen MR) is 46.9 cm³/mol. The van der Waals surface area contributed by atoms with Gasteiger partial charge >= 0.3 is 5.97 Å². The number of hydrogen-bond acceptors (Lipinski definition) is 4. The van der Waals surface area contributed by atoms with Crippen LogP contribution in [0, 0.1) is 11.3 Å². The van der Waals surface area contributed by atoms with E-state index >= 15 is 0 Å². The quantitative estimate of drug-likeness (QED) is 0.811. The summed E-state index contributed by atoms with van der Waals surface area (Å²) >= 11 is 0. The van der Waals surface area contributed by atoms with Gasteiger partial charge in [-0.1, -0.05) is 0 Å². The Morgan fingerprint density at radius 3 is 2.69 bits per heavy atom. The third-order valence-corrected chi connectivity index (χ3v) is 1.84. The molecule has 1 rings (SSSR count). The van der Waals surface area contributed by atoms with Crippen molar-refractivity contribution in [1.82, 2.24) is 4.98 Å². The number of pyridine rings is 1. The van der Waals surface area contributed by atoms with Gasteiger partial charge in [-0.05, 0) is 0 Å². The van der Waals surface area contributed by atoms with Crippen molar-refractivity contribution in [3.05, 3.63) is 23.0 Å². The fourth-order valence-electron chi connectivity index (χ4n) is 1.20. The average molecular weight is 228 g/mol. The van der Waals surface area contributed by atoms with Crippen LogP contribution in [-0.2, 0) is 11.2 Å². The Hall–Kier alpha value is -2.23. The summed E-state index contributed by atoms with van der Waals surface area (Å²) in [5.74, 6) is -1.99. The van der Waals surface area contributed by atoms with Crippen LogP contribution < -0.4 is 0 Å². The summed E-state index contributed by atoms with van der Waals surface area (Å²) in [6, 6.07) is 1.48. The number of aliphatic carboxylic acids is 1. The largest absolute Gasteiger partial charge is 0.505 e. The Balaban J connectivity index is 3.42. The fourth-order valence-corrected chi connectivity index (χ4v) is 1.20. The Morgan fingerprint density at radius 2 is 2.25 bits per heavy atom. The molecule has 0 aliphatic rings. The molecule has 1 aromatic rings. The molecule has 84 valence electrons. The molecule has 0 saturated heterocycles. The molecule has 0 fully saturated rings. The molecule has 0 aliphatic heterocycles. The van der Waals surface area contributed by atoms with Crippen LogP contribution in [0.3, 0.4) is 0 Å². The van der Waals surface area contributed by atoms with Crippen LogP contribution in [0.5, 0.6) is 5.75 Å². The van der Waals surface area contributed by atoms with Crippen molar-refractivity contribution < 1.29 is 23.8 Å². The lowest BCUT2D eigenvalue weighted by Crippen LogP contribution is -2.08. The highest BCUT2D eigenvalue weighted by atomic mass is 19.3. The molecule has 5 nitrogen and oxygen atoms in total. The Kier molecular flexibility index (Phi) is 3.35. The second-order valence-corrected chi connectivity index (χ2v) is 2.87. The van der Waals surface area contributed by atoms with Crippen LogP contribution >= 0.6 is 0 Å². The smallest absolute Gasteiger partial charge is 0.307 e. The summed E-state index contributed by atoms with van der Waals surface area (Å²) < 4.78 is 25.0. The topological polar surface area (TPSA) is 94.2 Å². The number of carboxylic acids is 1. The van der Waals surface area contributed by atoms with E-state index in [2.05, 4.69) is 4.98 Å². The monoisotopic (exact) mass is 228 g/mol. The average Bonchev–Trinajstić information content (AvgIpc) is 2.16. The van der Waals surface area contributed by atoms with Crippen molar-refractivity contribution in [2.24, 2.45) is 0 Å². The number of carboxylic acid groups (broad SMARTS) is 1. The van der Waals surface area contributed by atoms with Crippen molar-refractivity contribution >= 4 is 5.97 Å². The molecule has 0 saturated carbocycles. The zero-order valence-electron chi connectivity index (χ0n) is 7.81. The summed E-state index contributed by atoms with van der Waals surface area (Å²) in [4.78, 5) is 13.7. The van der Waals surface area contributed by atoms with Gasteiger partial charge in [0.15, 0.2) is 5.75 Å². The first-order valence-electron chi connectivity index (χ1n) is 4.08. The number of rotatable bonds is 3. The first kappa shape index (κ1) is 11.8. The van der Waals surface area contributed by atoms with Crippen molar-refractivity contribution in [3.63, 3.8) is 0 Å². The van der Waals surface area contributed by atoms with Crippen LogP contribution in [0.4, 0.5) is 8.78 Å². The van der Waals surface area contributed by atoms with E-state index in [4.69, 9.17) is 10.4 Å². The number of carbonyl (C=O) groups is 1. The van der Waals surface area contributed by atoms with Gasteiger partial charge in [-0.15, -0.1) is 0 Å². The second-order valence-electron chi connectivity index (χ2n) is 2.87. The predicted octanol–water partition coefficient (Wildman–Crippen LogP) is 1.22. The number of hydrogen-bond donors (Lipinski definition) is 2. The summed E-state index contributed by atoms with van der Waals surface area (Å²) in [7, 11) is 0. The van der Waals surface area contributed by atoms with E-state index in [0.717, 1.165) is 0 Å². The van der Waals surface area contributed by atoms with Gasteiger partial charge in [0.2, 0.25) is 0 Å². The van der Waals surface area contributed by atoms with E-state index in [1.807, 2.05) is 0 Å². The molecule has 1 heterocycles. The number of alkyl halides is 2. The molecule has 0 aliphatic carbocycles. The molecule has 0 aromatic carbocycles. The van der Waals surface area contributed by atoms with Crippen molar-refractivity contribution in [1.29, 1.82) is 5.26 Å². The van der Waals surface area contributed by atoms with E-state index in [9.17, 15) is 18.7 Å². The van der Waals surface area contributed by atoms with Crippen LogP contribution in [0.1, 0.15) is 23.2 Å². The normalized spacial score (nSPS) is 10.1. The van der Waals surface area contributed by atoms with Gasteiger partial charge in [0.25, 0.3) is 6.43 Å². The van der Waals surface area contributed by atoms with Crippen molar-refractivity contribution in [3.8, 4) is 11.8 Å². The van der Waals surface area contributed by atoms with Crippen LogP contribution in [0.25, 0.3) is 0 Å². The highest BCUT2D eigenvalue weighted by Gasteiger charge is 2.22. The van der Waals surface area contributed by atoms with Crippen molar-refractivity contribution in [2.75, 3.05) is 0 Å². The first-order chi connectivity index (χ1) is 7.47. The van der Waals surface area contributed by atoms with E-state index in [0.29, 0.717) is 6.20 Å². The first-order valence-corrected chi connectivity index (χ1v) is 4.08.